The summed E-state index contributed by atoms with van der Waals surface area (Å²) in [6, 6.07) is 13.9. The van der Waals surface area contributed by atoms with Crippen molar-refractivity contribution < 1.29 is 9.59 Å². The van der Waals surface area contributed by atoms with E-state index in [1.165, 1.54) is 17.3 Å². The van der Waals surface area contributed by atoms with Crippen LogP contribution in [-0.2, 0) is 4.79 Å². The first-order valence-electron chi connectivity index (χ1n) is 8.52. The summed E-state index contributed by atoms with van der Waals surface area (Å²) in [4.78, 5) is 27.2. The van der Waals surface area contributed by atoms with Crippen molar-refractivity contribution in [1.29, 1.82) is 0 Å². The van der Waals surface area contributed by atoms with E-state index in [9.17, 15) is 9.59 Å². The summed E-state index contributed by atoms with van der Waals surface area (Å²) in [5.74, 6) is 0.239. The van der Waals surface area contributed by atoms with Crippen molar-refractivity contribution in [2.75, 3.05) is 31.7 Å². The minimum absolute atomic E-state index is 0.0351. The first-order chi connectivity index (χ1) is 12.4. The molecule has 1 atom stereocenters. The van der Waals surface area contributed by atoms with E-state index < -0.39 is 0 Å². The van der Waals surface area contributed by atoms with Crippen LogP contribution in [0, 0.1) is 6.92 Å². The highest BCUT2D eigenvalue weighted by molar-refractivity contribution is 8.00. The molecule has 0 saturated heterocycles. The molecule has 136 valence electrons. The zero-order valence-electron chi connectivity index (χ0n) is 15.2. The highest BCUT2D eigenvalue weighted by Gasteiger charge is 2.19. The smallest absolute Gasteiger partial charge is 0.251 e. The van der Waals surface area contributed by atoms with Crippen LogP contribution in [0.3, 0.4) is 0 Å². The monoisotopic (exact) mass is 369 g/mol. The van der Waals surface area contributed by atoms with E-state index in [0.717, 1.165) is 10.5 Å². The van der Waals surface area contributed by atoms with E-state index >= 15 is 0 Å². The van der Waals surface area contributed by atoms with E-state index in [0.29, 0.717) is 23.5 Å². The van der Waals surface area contributed by atoms with E-state index in [-0.39, 0.29) is 17.9 Å². The number of hydrogen-bond acceptors (Lipinski definition) is 4. The molecule has 6 heteroatoms. The van der Waals surface area contributed by atoms with Crippen LogP contribution >= 0.6 is 11.8 Å². The third-order valence-electron chi connectivity index (χ3n) is 4.42. The predicted octanol–water partition coefficient (Wildman–Crippen LogP) is 3.07. The molecule has 26 heavy (non-hydrogen) atoms. The van der Waals surface area contributed by atoms with Crippen LogP contribution in [-0.4, -0.2) is 43.1 Å². The molecule has 0 saturated carbocycles. The van der Waals surface area contributed by atoms with Gasteiger partial charge in [-0.3, -0.25) is 9.59 Å². The number of carbonyl (C=O) groups excluding carboxylic acids is 2. The Labute approximate surface area is 158 Å². The second-order valence-electron chi connectivity index (χ2n) is 6.65. The SMILES string of the molecule is Cc1ccc(C(CNC(=O)c2ccc3c(c2)NC(=O)CS3)N(C)C)cc1. The van der Waals surface area contributed by atoms with Crippen molar-refractivity contribution in [3.8, 4) is 0 Å². The third kappa shape index (κ3) is 4.26. The number of likely N-dealkylation sites (N-methyl/N-ethyl adjacent to an activating group) is 1. The minimum Gasteiger partial charge on any atom is -0.350 e. The van der Waals surface area contributed by atoms with E-state index in [4.69, 9.17) is 0 Å². The van der Waals surface area contributed by atoms with Gasteiger partial charge in [0.15, 0.2) is 0 Å². The maximum Gasteiger partial charge on any atom is 0.251 e. The van der Waals surface area contributed by atoms with Gasteiger partial charge in [-0.05, 0) is 44.8 Å². The zero-order chi connectivity index (χ0) is 18.7. The molecule has 1 heterocycles. The number of aryl methyl sites for hydroxylation is 1. The molecule has 1 aliphatic rings. The summed E-state index contributed by atoms with van der Waals surface area (Å²) in [6.07, 6.45) is 0. The molecule has 0 fully saturated rings. The number of nitrogens with one attached hydrogen (secondary N) is 2. The first kappa shape index (κ1) is 18.5. The second-order valence-corrected chi connectivity index (χ2v) is 7.67. The van der Waals surface area contributed by atoms with Gasteiger partial charge in [-0.2, -0.15) is 0 Å². The molecule has 5 nitrogen and oxygen atoms in total. The van der Waals surface area contributed by atoms with Crippen LogP contribution < -0.4 is 10.6 Å². The Kier molecular flexibility index (Phi) is 5.64. The normalized spacial score (nSPS) is 14.5. The number of anilines is 1. The molecular weight excluding hydrogens is 346 g/mol. The average molecular weight is 369 g/mol. The van der Waals surface area contributed by atoms with Gasteiger partial charge in [0.1, 0.15) is 0 Å². The van der Waals surface area contributed by atoms with Gasteiger partial charge in [-0.15, -0.1) is 11.8 Å². The van der Waals surface area contributed by atoms with E-state index in [1.54, 1.807) is 12.1 Å². The molecule has 2 aromatic rings. The zero-order valence-corrected chi connectivity index (χ0v) is 16.0. The van der Waals surface area contributed by atoms with Crippen LogP contribution in [0.5, 0.6) is 0 Å². The summed E-state index contributed by atoms with van der Waals surface area (Å²) < 4.78 is 0. The topological polar surface area (TPSA) is 61.4 Å². The Morgan fingerprint density at radius 1 is 1.23 bits per heavy atom. The quantitative estimate of drug-likeness (QED) is 0.850. The lowest BCUT2D eigenvalue weighted by Gasteiger charge is -2.25. The molecule has 3 rings (SSSR count). The number of benzene rings is 2. The summed E-state index contributed by atoms with van der Waals surface area (Å²) >= 11 is 1.49. The van der Waals surface area contributed by atoms with Gasteiger partial charge in [0.25, 0.3) is 5.91 Å². The Balaban J connectivity index is 1.70. The van der Waals surface area contributed by atoms with Crippen molar-refractivity contribution in [3.05, 3.63) is 59.2 Å². The fourth-order valence-electron chi connectivity index (χ4n) is 2.90. The number of amides is 2. The van der Waals surface area contributed by atoms with E-state index in [1.807, 2.05) is 20.2 Å². The maximum atomic E-state index is 12.6. The van der Waals surface area contributed by atoms with Crippen molar-refractivity contribution >= 4 is 29.3 Å². The lowest BCUT2D eigenvalue weighted by atomic mass is 10.0. The predicted molar refractivity (Wildman–Crippen MR) is 106 cm³/mol. The summed E-state index contributed by atoms with van der Waals surface area (Å²) in [5, 5.41) is 5.83. The van der Waals surface area contributed by atoms with Gasteiger partial charge >= 0.3 is 0 Å². The average Bonchev–Trinajstić information content (AvgIpc) is 2.62. The third-order valence-corrected chi connectivity index (χ3v) is 5.49. The molecule has 0 spiro atoms. The van der Waals surface area contributed by atoms with Crippen LogP contribution in [0.2, 0.25) is 0 Å². The number of rotatable bonds is 5. The molecule has 0 radical (unpaired) electrons. The summed E-state index contributed by atoms with van der Waals surface area (Å²) in [6.45, 7) is 2.57. The maximum absolute atomic E-state index is 12.6. The van der Waals surface area contributed by atoms with Crippen molar-refractivity contribution in [3.63, 3.8) is 0 Å². The molecule has 1 aliphatic heterocycles. The Morgan fingerprint density at radius 2 is 1.96 bits per heavy atom. The highest BCUT2D eigenvalue weighted by Crippen LogP contribution is 2.32. The van der Waals surface area contributed by atoms with Crippen LogP contribution in [0.4, 0.5) is 5.69 Å². The Hall–Kier alpha value is -2.31. The molecule has 0 aromatic heterocycles. The van der Waals surface area contributed by atoms with Gasteiger partial charge < -0.3 is 15.5 Å². The van der Waals surface area contributed by atoms with Gasteiger partial charge in [0.2, 0.25) is 5.91 Å². The van der Waals surface area contributed by atoms with Crippen LogP contribution in [0.15, 0.2) is 47.4 Å². The largest absolute Gasteiger partial charge is 0.350 e. The molecule has 2 N–H and O–H groups in total. The van der Waals surface area contributed by atoms with Gasteiger partial charge in [0, 0.05) is 17.0 Å². The highest BCUT2D eigenvalue weighted by atomic mass is 32.2. The molecular formula is C20H23N3O2S. The van der Waals surface area contributed by atoms with Gasteiger partial charge in [-0.25, -0.2) is 0 Å². The molecule has 2 amide bonds. The van der Waals surface area contributed by atoms with Crippen molar-refractivity contribution in [1.82, 2.24) is 10.2 Å². The van der Waals surface area contributed by atoms with Gasteiger partial charge in [-0.1, -0.05) is 29.8 Å². The molecule has 2 aromatic carbocycles. The number of nitrogens with zero attached hydrogens (tertiary/aromatic N) is 1. The lowest BCUT2D eigenvalue weighted by Crippen LogP contribution is -2.34. The summed E-state index contributed by atoms with van der Waals surface area (Å²) in [5.41, 5.74) is 3.63. The number of hydrogen-bond donors (Lipinski definition) is 2. The Morgan fingerprint density at radius 3 is 2.65 bits per heavy atom. The van der Waals surface area contributed by atoms with Crippen LogP contribution in [0.1, 0.15) is 27.5 Å². The number of fused-ring (bicyclic) bond motifs is 1. The molecule has 1 unspecified atom stereocenters. The summed E-state index contributed by atoms with van der Waals surface area (Å²) in [7, 11) is 4.00. The van der Waals surface area contributed by atoms with Gasteiger partial charge in [0.05, 0.1) is 17.5 Å². The molecule has 0 bridgehead atoms. The fourth-order valence-corrected chi connectivity index (χ4v) is 3.69. The molecule has 0 aliphatic carbocycles. The standard InChI is InChI=1S/C20H23N3O2S/c1-13-4-6-14(7-5-13)17(23(2)3)11-21-20(25)15-8-9-18-16(10-15)22-19(24)12-26-18/h4-10,17H,11-12H2,1-3H3,(H,21,25)(H,22,24). The minimum atomic E-state index is -0.142. The lowest BCUT2D eigenvalue weighted by molar-refractivity contribution is -0.113. The van der Waals surface area contributed by atoms with Crippen molar-refractivity contribution in [2.24, 2.45) is 0 Å². The number of thioether (sulfide) groups is 1. The van der Waals surface area contributed by atoms with E-state index in [2.05, 4.69) is 46.7 Å². The van der Waals surface area contributed by atoms with Crippen LogP contribution in [0.25, 0.3) is 0 Å². The number of carbonyl (C=O) groups is 2. The fraction of sp³-hybridized carbons (Fsp3) is 0.300. The van der Waals surface area contributed by atoms with Crippen molar-refractivity contribution in [2.45, 2.75) is 17.9 Å². The second kappa shape index (κ2) is 7.93. The first-order valence-corrected chi connectivity index (χ1v) is 9.50. The Bertz CT molecular complexity index is 818.